The monoisotopic (exact) mass is 352 g/mol. The Labute approximate surface area is 155 Å². The number of nitrogens with zero attached hydrogens (tertiary/aromatic N) is 2. The first kappa shape index (κ1) is 15.6. The zero-order valence-corrected chi connectivity index (χ0v) is 14.7. The van der Waals surface area contributed by atoms with Gasteiger partial charge in [0.2, 0.25) is 0 Å². The molecule has 4 heteroatoms. The summed E-state index contributed by atoms with van der Waals surface area (Å²) < 4.78 is 5.26. The Bertz CT molecular complexity index is 1310. The van der Waals surface area contributed by atoms with E-state index in [1.807, 2.05) is 72.8 Å². The highest BCUT2D eigenvalue weighted by Gasteiger charge is 2.18. The fourth-order valence-corrected chi connectivity index (χ4v) is 3.54. The van der Waals surface area contributed by atoms with Gasteiger partial charge in [-0.15, -0.1) is 0 Å². The molecular weight excluding hydrogens is 336 g/mol. The molecule has 1 N–H and O–H groups in total. The van der Waals surface area contributed by atoms with Gasteiger partial charge in [0.25, 0.3) is 0 Å². The van der Waals surface area contributed by atoms with Gasteiger partial charge in [-0.1, -0.05) is 48.5 Å². The Morgan fingerprint density at radius 1 is 0.704 bits per heavy atom. The summed E-state index contributed by atoms with van der Waals surface area (Å²) in [4.78, 5) is 9.72. The van der Waals surface area contributed by atoms with E-state index in [9.17, 15) is 5.11 Å². The number of hydrogen-bond acceptors (Lipinski definition) is 4. The van der Waals surface area contributed by atoms with Crippen LogP contribution in [0.25, 0.3) is 44.0 Å². The predicted octanol–water partition coefficient (Wildman–Crippen LogP) is 5.32. The van der Waals surface area contributed by atoms with Crippen molar-refractivity contribution < 1.29 is 9.84 Å². The second-order valence-electron chi connectivity index (χ2n) is 6.41. The van der Waals surface area contributed by atoms with E-state index in [0.29, 0.717) is 11.1 Å². The number of phenols is 1. The van der Waals surface area contributed by atoms with Gasteiger partial charge in [0, 0.05) is 10.8 Å². The lowest BCUT2D eigenvalue weighted by Gasteiger charge is -2.14. The number of hydrogen-bond donors (Lipinski definition) is 1. The molecular formula is C23H16N2O2. The van der Waals surface area contributed by atoms with Gasteiger partial charge in [-0.25, -0.2) is 9.97 Å². The van der Waals surface area contributed by atoms with E-state index >= 15 is 0 Å². The zero-order valence-electron chi connectivity index (χ0n) is 14.7. The Balaban J connectivity index is 1.97. The molecule has 0 unspecified atom stereocenters. The number of rotatable bonds is 2. The molecule has 4 aromatic carbocycles. The minimum absolute atomic E-state index is 0.216. The van der Waals surface area contributed by atoms with Crippen LogP contribution in [-0.2, 0) is 0 Å². The normalized spacial score (nSPS) is 11.3. The molecule has 0 bridgehead atoms. The van der Waals surface area contributed by atoms with E-state index in [0.717, 1.165) is 38.6 Å². The Hall–Kier alpha value is -3.66. The summed E-state index contributed by atoms with van der Waals surface area (Å²) in [5.74, 6) is 0.979. The third kappa shape index (κ3) is 2.38. The molecule has 1 aromatic heterocycles. The van der Waals surface area contributed by atoms with Crippen LogP contribution < -0.4 is 4.74 Å². The minimum atomic E-state index is 0.216. The molecule has 0 saturated carbocycles. The fraction of sp³-hybridized carbons (Fsp3) is 0.0435. The maximum atomic E-state index is 11.1. The standard InChI is InChI=1S/C23H16N2O2/c1-27-15-12-10-14(11-13-15)20-22-21(16-6-2-3-7-17(16)23(20)26)24-18-8-4-5-9-19(18)25-22/h2-13,26H,1H3. The van der Waals surface area contributed by atoms with Crippen LogP contribution in [0.5, 0.6) is 11.5 Å². The number of phenolic OH excluding ortho intramolecular Hbond substituents is 1. The molecule has 130 valence electrons. The molecule has 0 aliphatic carbocycles. The van der Waals surface area contributed by atoms with Gasteiger partial charge in [-0.05, 0) is 29.8 Å². The Morgan fingerprint density at radius 2 is 1.30 bits per heavy atom. The SMILES string of the molecule is COc1ccc(-c2c(O)c3ccccc3c3nc4ccccc4nc23)cc1. The number of fused-ring (bicyclic) bond motifs is 4. The van der Waals surface area contributed by atoms with Crippen LogP contribution in [0.4, 0.5) is 0 Å². The van der Waals surface area contributed by atoms with Crippen molar-refractivity contribution in [3.05, 3.63) is 72.8 Å². The topological polar surface area (TPSA) is 55.2 Å². The van der Waals surface area contributed by atoms with E-state index in [-0.39, 0.29) is 5.75 Å². The first-order chi connectivity index (χ1) is 13.3. The quantitative estimate of drug-likeness (QED) is 0.345. The average molecular weight is 352 g/mol. The molecule has 0 spiro atoms. The molecule has 0 fully saturated rings. The van der Waals surface area contributed by atoms with Crippen molar-refractivity contribution in [1.82, 2.24) is 9.97 Å². The van der Waals surface area contributed by atoms with Crippen LogP contribution in [0, 0.1) is 0 Å². The van der Waals surface area contributed by atoms with Crippen molar-refractivity contribution in [3.8, 4) is 22.6 Å². The highest BCUT2D eigenvalue weighted by Crippen LogP contribution is 2.42. The molecule has 0 aliphatic rings. The van der Waals surface area contributed by atoms with E-state index in [1.165, 1.54) is 0 Å². The molecule has 5 aromatic rings. The third-order valence-electron chi connectivity index (χ3n) is 4.86. The maximum absolute atomic E-state index is 11.1. The van der Waals surface area contributed by atoms with Crippen molar-refractivity contribution in [2.45, 2.75) is 0 Å². The number of ether oxygens (including phenoxy) is 1. The fourth-order valence-electron chi connectivity index (χ4n) is 3.54. The summed E-state index contributed by atoms with van der Waals surface area (Å²) in [6.07, 6.45) is 0. The lowest BCUT2D eigenvalue weighted by Crippen LogP contribution is -1.93. The molecule has 0 saturated heterocycles. The Kier molecular flexibility index (Phi) is 3.44. The van der Waals surface area contributed by atoms with Gasteiger partial charge < -0.3 is 9.84 Å². The molecule has 5 rings (SSSR count). The highest BCUT2D eigenvalue weighted by molar-refractivity contribution is 6.15. The van der Waals surface area contributed by atoms with Crippen LogP contribution >= 0.6 is 0 Å². The third-order valence-corrected chi connectivity index (χ3v) is 4.86. The molecule has 0 aliphatic heterocycles. The molecule has 0 amide bonds. The molecule has 4 nitrogen and oxygen atoms in total. The molecule has 1 heterocycles. The summed E-state index contributed by atoms with van der Waals surface area (Å²) >= 11 is 0. The number of methoxy groups -OCH3 is 1. The van der Waals surface area contributed by atoms with Crippen LogP contribution in [0.1, 0.15) is 0 Å². The first-order valence-corrected chi connectivity index (χ1v) is 8.71. The second-order valence-corrected chi connectivity index (χ2v) is 6.41. The highest BCUT2D eigenvalue weighted by atomic mass is 16.5. The van der Waals surface area contributed by atoms with Crippen LogP contribution in [0.15, 0.2) is 72.8 Å². The minimum Gasteiger partial charge on any atom is -0.507 e. The van der Waals surface area contributed by atoms with Gasteiger partial charge in [0.1, 0.15) is 17.0 Å². The summed E-state index contributed by atoms with van der Waals surface area (Å²) in [6.45, 7) is 0. The van der Waals surface area contributed by atoms with Crippen molar-refractivity contribution >= 4 is 32.8 Å². The lowest BCUT2D eigenvalue weighted by atomic mass is 9.96. The Morgan fingerprint density at radius 3 is 1.96 bits per heavy atom. The zero-order chi connectivity index (χ0) is 18.4. The second kappa shape index (κ2) is 5.95. The van der Waals surface area contributed by atoms with Crippen LogP contribution in [0.2, 0.25) is 0 Å². The summed E-state index contributed by atoms with van der Waals surface area (Å²) in [6, 6.07) is 23.2. The number of para-hydroxylation sites is 2. The van der Waals surface area contributed by atoms with E-state index in [1.54, 1.807) is 7.11 Å². The van der Waals surface area contributed by atoms with Crippen molar-refractivity contribution in [1.29, 1.82) is 0 Å². The molecule has 0 atom stereocenters. The smallest absolute Gasteiger partial charge is 0.133 e. The largest absolute Gasteiger partial charge is 0.507 e. The van der Waals surface area contributed by atoms with Gasteiger partial charge in [0.15, 0.2) is 0 Å². The molecule has 0 radical (unpaired) electrons. The maximum Gasteiger partial charge on any atom is 0.133 e. The van der Waals surface area contributed by atoms with Crippen molar-refractivity contribution in [3.63, 3.8) is 0 Å². The predicted molar refractivity (Wildman–Crippen MR) is 108 cm³/mol. The summed E-state index contributed by atoms with van der Waals surface area (Å²) in [5, 5.41) is 12.8. The number of aromatic hydroxyl groups is 1. The van der Waals surface area contributed by atoms with Gasteiger partial charge in [-0.2, -0.15) is 0 Å². The summed E-state index contributed by atoms with van der Waals surface area (Å²) in [7, 11) is 1.63. The van der Waals surface area contributed by atoms with Crippen LogP contribution in [0.3, 0.4) is 0 Å². The number of benzene rings is 4. The summed E-state index contributed by atoms with van der Waals surface area (Å²) in [5.41, 5.74) is 4.66. The molecule has 27 heavy (non-hydrogen) atoms. The van der Waals surface area contributed by atoms with Crippen molar-refractivity contribution in [2.24, 2.45) is 0 Å². The average Bonchev–Trinajstić information content (AvgIpc) is 2.73. The first-order valence-electron chi connectivity index (χ1n) is 8.71. The number of aromatic nitrogens is 2. The van der Waals surface area contributed by atoms with E-state index < -0.39 is 0 Å². The van der Waals surface area contributed by atoms with Gasteiger partial charge in [0.05, 0.1) is 29.2 Å². The van der Waals surface area contributed by atoms with E-state index in [2.05, 4.69) is 0 Å². The van der Waals surface area contributed by atoms with Gasteiger partial charge >= 0.3 is 0 Å². The van der Waals surface area contributed by atoms with Crippen LogP contribution in [-0.4, -0.2) is 22.2 Å². The van der Waals surface area contributed by atoms with E-state index in [4.69, 9.17) is 14.7 Å². The van der Waals surface area contributed by atoms with Crippen molar-refractivity contribution in [2.75, 3.05) is 7.11 Å². The lowest BCUT2D eigenvalue weighted by molar-refractivity contribution is 0.415. The van der Waals surface area contributed by atoms with Gasteiger partial charge in [-0.3, -0.25) is 0 Å².